The van der Waals surface area contributed by atoms with Gasteiger partial charge in [-0.15, -0.1) is 0 Å². The second-order valence-electron chi connectivity index (χ2n) is 4.67. The monoisotopic (exact) mass is 268 g/mol. The van der Waals surface area contributed by atoms with Crippen molar-refractivity contribution in [1.82, 2.24) is 15.1 Å². The summed E-state index contributed by atoms with van der Waals surface area (Å²) in [6.07, 6.45) is 3.91. The number of aryl methyl sites for hydroxylation is 1. The highest BCUT2D eigenvalue weighted by Gasteiger charge is 2.23. The zero-order chi connectivity index (χ0) is 14.4. The van der Waals surface area contributed by atoms with E-state index < -0.39 is 12.0 Å². The molecule has 106 valence electrons. The number of aliphatic carboxylic acids is 1. The van der Waals surface area contributed by atoms with E-state index in [4.69, 9.17) is 10.8 Å². The van der Waals surface area contributed by atoms with Crippen LogP contribution in [0.1, 0.15) is 31.4 Å². The van der Waals surface area contributed by atoms with Crippen molar-refractivity contribution in [1.29, 1.82) is 0 Å². The average molecular weight is 268 g/mol. The molecule has 0 aliphatic carbocycles. The zero-order valence-electron chi connectivity index (χ0n) is 11.2. The average Bonchev–Trinajstić information content (AvgIpc) is 2.78. The van der Waals surface area contributed by atoms with Gasteiger partial charge in [-0.3, -0.25) is 9.48 Å². The van der Waals surface area contributed by atoms with Crippen LogP contribution in [0.4, 0.5) is 0 Å². The maximum atomic E-state index is 11.7. The molecule has 1 rings (SSSR count). The van der Waals surface area contributed by atoms with Gasteiger partial charge in [0, 0.05) is 25.2 Å². The van der Waals surface area contributed by atoms with Crippen molar-refractivity contribution in [2.75, 3.05) is 6.54 Å². The van der Waals surface area contributed by atoms with E-state index in [1.54, 1.807) is 13.2 Å². The SMILES string of the molecule is CC(CN)CCC(=O)NC(C(=O)O)c1cnn(C)c1. The highest BCUT2D eigenvalue weighted by Crippen LogP contribution is 2.13. The number of nitrogens with one attached hydrogen (secondary N) is 1. The number of aromatic nitrogens is 2. The number of carbonyl (C=O) groups excluding carboxylic acids is 1. The van der Waals surface area contributed by atoms with Crippen molar-refractivity contribution in [2.24, 2.45) is 18.7 Å². The van der Waals surface area contributed by atoms with Crippen LogP contribution in [0.25, 0.3) is 0 Å². The van der Waals surface area contributed by atoms with Crippen molar-refractivity contribution in [3.8, 4) is 0 Å². The summed E-state index contributed by atoms with van der Waals surface area (Å²) in [5.41, 5.74) is 5.92. The minimum absolute atomic E-state index is 0.243. The molecule has 0 radical (unpaired) electrons. The Bertz CT molecular complexity index is 444. The van der Waals surface area contributed by atoms with Crippen molar-refractivity contribution in [3.05, 3.63) is 18.0 Å². The Morgan fingerprint density at radius 3 is 2.74 bits per heavy atom. The quantitative estimate of drug-likeness (QED) is 0.646. The Morgan fingerprint density at radius 2 is 2.26 bits per heavy atom. The molecule has 0 saturated heterocycles. The fourth-order valence-electron chi connectivity index (χ4n) is 1.61. The van der Waals surface area contributed by atoms with E-state index >= 15 is 0 Å². The van der Waals surface area contributed by atoms with Gasteiger partial charge in [0.15, 0.2) is 6.04 Å². The van der Waals surface area contributed by atoms with Crippen LogP contribution in [0.15, 0.2) is 12.4 Å². The standard InChI is InChI=1S/C12H20N4O3/c1-8(5-13)3-4-10(17)15-11(12(18)19)9-6-14-16(2)7-9/h6-8,11H,3-5,13H2,1-2H3,(H,15,17)(H,18,19). The van der Waals surface area contributed by atoms with Crippen LogP contribution >= 0.6 is 0 Å². The maximum Gasteiger partial charge on any atom is 0.331 e. The lowest BCUT2D eigenvalue weighted by atomic mass is 10.1. The smallest absolute Gasteiger partial charge is 0.331 e. The Morgan fingerprint density at radius 1 is 1.58 bits per heavy atom. The van der Waals surface area contributed by atoms with Crippen LogP contribution < -0.4 is 11.1 Å². The Kier molecular flexibility index (Phi) is 5.50. The number of carbonyl (C=O) groups is 2. The zero-order valence-corrected chi connectivity index (χ0v) is 11.2. The number of carboxylic acid groups (broad SMARTS) is 1. The van der Waals surface area contributed by atoms with Gasteiger partial charge in [-0.1, -0.05) is 6.92 Å². The number of rotatable bonds is 7. The van der Waals surface area contributed by atoms with Gasteiger partial charge >= 0.3 is 5.97 Å². The summed E-state index contributed by atoms with van der Waals surface area (Å²) in [6.45, 7) is 2.46. The topological polar surface area (TPSA) is 110 Å². The summed E-state index contributed by atoms with van der Waals surface area (Å²) < 4.78 is 1.49. The third kappa shape index (κ3) is 4.70. The van der Waals surface area contributed by atoms with Crippen LogP contribution in [-0.4, -0.2) is 33.3 Å². The third-order valence-corrected chi connectivity index (χ3v) is 2.88. The van der Waals surface area contributed by atoms with Crippen molar-refractivity contribution in [2.45, 2.75) is 25.8 Å². The lowest BCUT2D eigenvalue weighted by Gasteiger charge is -2.14. The molecule has 0 aliphatic heterocycles. The van der Waals surface area contributed by atoms with E-state index in [9.17, 15) is 9.59 Å². The molecule has 1 aromatic rings. The summed E-state index contributed by atoms with van der Waals surface area (Å²) >= 11 is 0. The second-order valence-corrected chi connectivity index (χ2v) is 4.67. The molecule has 4 N–H and O–H groups in total. The highest BCUT2D eigenvalue weighted by atomic mass is 16.4. The van der Waals surface area contributed by atoms with E-state index in [1.165, 1.54) is 10.9 Å². The third-order valence-electron chi connectivity index (χ3n) is 2.88. The number of carboxylic acids is 1. The van der Waals surface area contributed by atoms with Crippen LogP contribution in [0, 0.1) is 5.92 Å². The molecule has 0 aromatic carbocycles. The molecule has 2 unspecified atom stereocenters. The van der Waals surface area contributed by atoms with Crippen molar-refractivity contribution >= 4 is 11.9 Å². The molecule has 7 heteroatoms. The van der Waals surface area contributed by atoms with E-state index in [1.807, 2.05) is 6.92 Å². The summed E-state index contributed by atoms with van der Waals surface area (Å²) in [5.74, 6) is -1.16. The summed E-state index contributed by atoms with van der Waals surface area (Å²) in [4.78, 5) is 22.9. The molecular weight excluding hydrogens is 248 g/mol. The number of hydrogen-bond donors (Lipinski definition) is 3. The predicted octanol–water partition coefficient (Wildman–Crippen LogP) is 0.0370. The molecule has 0 fully saturated rings. The van der Waals surface area contributed by atoms with E-state index in [-0.39, 0.29) is 18.2 Å². The largest absolute Gasteiger partial charge is 0.479 e. The minimum Gasteiger partial charge on any atom is -0.479 e. The first kappa shape index (κ1) is 15.2. The van der Waals surface area contributed by atoms with Crippen LogP contribution in [0.5, 0.6) is 0 Å². The molecule has 0 aliphatic rings. The summed E-state index contributed by atoms with van der Waals surface area (Å²) in [6, 6.07) is -1.06. The highest BCUT2D eigenvalue weighted by molar-refractivity contribution is 5.84. The van der Waals surface area contributed by atoms with E-state index in [0.29, 0.717) is 18.5 Å². The number of amides is 1. The van der Waals surface area contributed by atoms with E-state index in [0.717, 1.165) is 0 Å². The number of hydrogen-bond acceptors (Lipinski definition) is 4. The molecule has 1 aromatic heterocycles. The Balaban J connectivity index is 2.60. The van der Waals surface area contributed by atoms with Gasteiger partial charge in [-0.05, 0) is 18.9 Å². The van der Waals surface area contributed by atoms with Crippen LogP contribution in [0.2, 0.25) is 0 Å². The Labute approximate surface area is 111 Å². The fraction of sp³-hybridized carbons (Fsp3) is 0.583. The van der Waals surface area contributed by atoms with Crippen LogP contribution in [-0.2, 0) is 16.6 Å². The molecule has 1 amide bonds. The molecular formula is C12H20N4O3. The van der Waals surface area contributed by atoms with Gasteiger partial charge in [-0.25, -0.2) is 4.79 Å². The van der Waals surface area contributed by atoms with Gasteiger partial charge in [-0.2, -0.15) is 5.10 Å². The fourth-order valence-corrected chi connectivity index (χ4v) is 1.61. The van der Waals surface area contributed by atoms with Crippen molar-refractivity contribution < 1.29 is 14.7 Å². The predicted molar refractivity (Wildman–Crippen MR) is 69.2 cm³/mol. The van der Waals surface area contributed by atoms with Crippen LogP contribution in [0.3, 0.4) is 0 Å². The normalized spacial score (nSPS) is 13.8. The van der Waals surface area contributed by atoms with Gasteiger partial charge in [0.05, 0.1) is 6.20 Å². The molecule has 19 heavy (non-hydrogen) atoms. The maximum absolute atomic E-state index is 11.7. The molecule has 0 spiro atoms. The first-order chi connectivity index (χ1) is 8.93. The Hall–Kier alpha value is -1.89. The molecule has 2 atom stereocenters. The lowest BCUT2D eigenvalue weighted by molar-refractivity contribution is -0.142. The molecule has 0 bridgehead atoms. The lowest BCUT2D eigenvalue weighted by Crippen LogP contribution is -2.33. The second kappa shape index (κ2) is 6.89. The first-order valence-corrected chi connectivity index (χ1v) is 6.14. The minimum atomic E-state index is -1.10. The van der Waals surface area contributed by atoms with Crippen molar-refractivity contribution in [3.63, 3.8) is 0 Å². The molecule has 0 saturated carbocycles. The van der Waals surface area contributed by atoms with E-state index in [2.05, 4.69) is 10.4 Å². The molecule has 1 heterocycles. The molecule has 7 nitrogen and oxygen atoms in total. The van der Waals surface area contributed by atoms with Gasteiger partial charge in [0.2, 0.25) is 5.91 Å². The summed E-state index contributed by atoms with van der Waals surface area (Å²) in [7, 11) is 1.69. The van der Waals surface area contributed by atoms with Gasteiger partial charge < -0.3 is 16.2 Å². The number of nitrogens with two attached hydrogens (primary N) is 1. The van der Waals surface area contributed by atoms with Gasteiger partial charge in [0.25, 0.3) is 0 Å². The first-order valence-electron chi connectivity index (χ1n) is 6.14. The number of nitrogens with zero attached hydrogens (tertiary/aromatic N) is 2. The summed E-state index contributed by atoms with van der Waals surface area (Å²) in [5, 5.41) is 15.5. The van der Waals surface area contributed by atoms with Gasteiger partial charge in [0.1, 0.15) is 0 Å².